The highest BCUT2D eigenvalue weighted by atomic mass is 79.9. The van der Waals surface area contributed by atoms with E-state index in [1.807, 2.05) is 20.8 Å². The van der Waals surface area contributed by atoms with Gasteiger partial charge in [-0.3, -0.25) is 13.9 Å². The van der Waals surface area contributed by atoms with Crippen molar-refractivity contribution in [2.24, 2.45) is 0 Å². The van der Waals surface area contributed by atoms with Crippen molar-refractivity contribution >= 4 is 55.1 Å². The summed E-state index contributed by atoms with van der Waals surface area (Å²) in [7, 11) is -3.78. The fourth-order valence-corrected chi connectivity index (χ4v) is 4.84. The molecule has 34 heavy (non-hydrogen) atoms. The summed E-state index contributed by atoms with van der Waals surface area (Å²) in [5, 5.41) is 3.40. The van der Waals surface area contributed by atoms with Crippen molar-refractivity contribution < 1.29 is 18.0 Å². The number of hydrogen-bond acceptors (Lipinski definition) is 4. The van der Waals surface area contributed by atoms with Crippen LogP contribution in [-0.4, -0.2) is 50.0 Å². The first kappa shape index (κ1) is 28.1. The van der Waals surface area contributed by atoms with Gasteiger partial charge < -0.3 is 10.2 Å². The molecular weight excluding hydrogens is 542 g/mol. The predicted molar refractivity (Wildman–Crippen MR) is 140 cm³/mol. The van der Waals surface area contributed by atoms with Crippen molar-refractivity contribution in [2.75, 3.05) is 17.1 Å². The van der Waals surface area contributed by atoms with Crippen molar-refractivity contribution in [1.29, 1.82) is 0 Å². The van der Waals surface area contributed by atoms with Gasteiger partial charge in [0.05, 0.1) is 11.9 Å². The van der Waals surface area contributed by atoms with E-state index in [1.165, 1.54) is 4.90 Å². The molecule has 7 nitrogen and oxygen atoms in total. The molecule has 0 aromatic heterocycles. The Labute approximate surface area is 215 Å². The zero-order valence-corrected chi connectivity index (χ0v) is 23.0. The van der Waals surface area contributed by atoms with Gasteiger partial charge in [-0.25, -0.2) is 8.42 Å². The molecule has 0 aliphatic rings. The van der Waals surface area contributed by atoms with Crippen LogP contribution in [0.5, 0.6) is 0 Å². The molecule has 2 rings (SSSR count). The number of nitrogens with zero attached hydrogens (tertiary/aromatic N) is 2. The number of halogens is 2. The van der Waals surface area contributed by atoms with Crippen LogP contribution in [0.4, 0.5) is 5.69 Å². The quantitative estimate of drug-likeness (QED) is 0.427. The molecule has 0 heterocycles. The van der Waals surface area contributed by atoms with E-state index in [9.17, 15) is 18.0 Å². The van der Waals surface area contributed by atoms with Crippen LogP contribution in [0, 0.1) is 0 Å². The summed E-state index contributed by atoms with van der Waals surface area (Å²) in [5.41, 5.74) is 1.01. The van der Waals surface area contributed by atoms with Crippen LogP contribution in [0.3, 0.4) is 0 Å². The first-order valence-electron chi connectivity index (χ1n) is 11.0. The Kier molecular flexibility index (Phi) is 10.4. The maximum Gasteiger partial charge on any atom is 0.244 e. The maximum absolute atomic E-state index is 13.6. The van der Waals surface area contributed by atoms with Gasteiger partial charge in [-0.15, -0.1) is 0 Å². The van der Waals surface area contributed by atoms with Gasteiger partial charge in [-0.2, -0.15) is 0 Å². The minimum absolute atomic E-state index is 0.0620. The third-order valence-corrected chi connectivity index (χ3v) is 7.46. The minimum Gasteiger partial charge on any atom is -0.352 e. The van der Waals surface area contributed by atoms with E-state index in [0.717, 1.165) is 17.0 Å². The third kappa shape index (κ3) is 7.71. The average Bonchev–Trinajstić information content (AvgIpc) is 2.77. The van der Waals surface area contributed by atoms with Crippen LogP contribution in [0.25, 0.3) is 0 Å². The number of benzene rings is 2. The molecule has 0 saturated carbocycles. The molecule has 0 aliphatic carbocycles. The number of rotatable bonds is 11. The molecule has 0 radical (unpaired) electrons. The Morgan fingerprint density at radius 3 is 2.32 bits per heavy atom. The fraction of sp³-hybridized carbons (Fsp3) is 0.417. The SMILES string of the molecule is CC[C@H](C)NC(=O)[C@H](CC)N(Cc1ccccc1Cl)C(=O)CN(c1cccc(Br)c1)S(C)(=O)=O. The molecule has 2 aromatic carbocycles. The summed E-state index contributed by atoms with van der Waals surface area (Å²) in [4.78, 5) is 28.1. The molecule has 0 unspecified atom stereocenters. The Hall–Kier alpha value is -2.10. The summed E-state index contributed by atoms with van der Waals surface area (Å²) in [6.07, 6.45) is 2.14. The molecule has 0 saturated heterocycles. The second-order valence-corrected chi connectivity index (χ2v) is 11.3. The first-order valence-corrected chi connectivity index (χ1v) is 14.1. The standard InChI is InChI=1S/C24H31BrClN3O4S/c1-5-17(3)27-24(31)22(6-2)28(15-18-10-7-8-13-21(18)26)23(30)16-29(34(4,32)33)20-12-9-11-19(25)14-20/h7-14,17,22H,5-6,15-16H2,1-4H3,(H,27,31)/t17-,22-/m0/s1. The number of nitrogens with one attached hydrogen (secondary N) is 1. The van der Waals surface area contributed by atoms with Gasteiger partial charge in [-0.05, 0) is 49.6 Å². The maximum atomic E-state index is 13.6. The molecule has 0 spiro atoms. The van der Waals surface area contributed by atoms with Crippen LogP contribution >= 0.6 is 27.5 Å². The van der Waals surface area contributed by atoms with E-state index in [-0.39, 0.29) is 18.5 Å². The predicted octanol–water partition coefficient (Wildman–Crippen LogP) is 4.59. The molecule has 2 aromatic rings. The number of anilines is 1. The van der Waals surface area contributed by atoms with Crippen molar-refractivity contribution in [2.45, 2.75) is 52.2 Å². The second kappa shape index (κ2) is 12.6. The molecule has 0 aliphatic heterocycles. The van der Waals surface area contributed by atoms with Gasteiger partial charge in [0, 0.05) is 22.1 Å². The van der Waals surface area contributed by atoms with Crippen molar-refractivity contribution in [3.05, 3.63) is 63.6 Å². The Balaban J connectivity index is 2.45. The molecule has 0 bridgehead atoms. The van der Waals surface area contributed by atoms with Crippen molar-refractivity contribution in [1.82, 2.24) is 10.2 Å². The second-order valence-electron chi connectivity index (χ2n) is 8.10. The summed E-state index contributed by atoms with van der Waals surface area (Å²) in [6, 6.07) is 12.9. The van der Waals surface area contributed by atoms with E-state index >= 15 is 0 Å². The summed E-state index contributed by atoms with van der Waals surface area (Å²) in [5.74, 6) is -0.790. The Bertz CT molecular complexity index is 1110. The summed E-state index contributed by atoms with van der Waals surface area (Å²) in [6.45, 7) is 5.29. The minimum atomic E-state index is -3.78. The number of carbonyl (C=O) groups excluding carboxylic acids is 2. The molecule has 1 N–H and O–H groups in total. The van der Waals surface area contributed by atoms with Gasteiger partial charge in [0.1, 0.15) is 12.6 Å². The Morgan fingerprint density at radius 1 is 1.09 bits per heavy atom. The lowest BCUT2D eigenvalue weighted by atomic mass is 10.1. The normalized spacial score (nSPS) is 13.1. The van der Waals surface area contributed by atoms with Gasteiger partial charge in [-0.1, -0.05) is 65.6 Å². The van der Waals surface area contributed by atoms with Gasteiger partial charge >= 0.3 is 0 Å². The van der Waals surface area contributed by atoms with Crippen LogP contribution in [0.2, 0.25) is 5.02 Å². The molecule has 0 fully saturated rings. The smallest absolute Gasteiger partial charge is 0.244 e. The number of amides is 2. The van der Waals surface area contributed by atoms with Crippen LogP contribution in [-0.2, 0) is 26.2 Å². The van der Waals surface area contributed by atoms with E-state index in [4.69, 9.17) is 11.6 Å². The fourth-order valence-electron chi connectivity index (χ4n) is 3.42. The van der Waals surface area contributed by atoms with Crippen LogP contribution in [0.1, 0.15) is 39.2 Å². The largest absolute Gasteiger partial charge is 0.352 e. The molecular formula is C24H31BrClN3O4S. The lowest BCUT2D eigenvalue weighted by molar-refractivity contribution is -0.140. The zero-order valence-electron chi connectivity index (χ0n) is 19.8. The highest BCUT2D eigenvalue weighted by Crippen LogP contribution is 2.24. The topological polar surface area (TPSA) is 86.8 Å². The van der Waals surface area contributed by atoms with Gasteiger partial charge in [0.2, 0.25) is 21.8 Å². The monoisotopic (exact) mass is 571 g/mol. The Morgan fingerprint density at radius 2 is 1.76 bits per heavy atom. The van der Waals surface area contributed by atoms with E-state index in [0.29, 0.717) is 27.2 Å². The van der Waals surface area contributed by atoms with Gasteiger partial charge in [0.15, 0.2) is 0 Å². The molecule has 2 atom stereocenters. The first-order chi connectivity index (χ1) is 16.0. The van der Waals surface area contributed by atoms with E-state index in [1.54, 1.807) is 48.5 Å². The molecule has 2 amide bonds. The van der Waals surface area contributed by atoms with Gasteiger partial charge in [0.25, 0.3) is 0 Å². The van der Waals surface area contributed by atoms with Crippen molar-refractivity contribution in [3.63, 3.8) is 0 Å². The van der Waals surface area contributed by atoms with Crippen LogP contribution in [0.15, 0.2) is 53.0 Å². The summed E-state index contributed by atoms with van der Waals surface area (Å²) < 4.78 is 26.9. The number of hydrogen-bond donors (Lipinski definition) is 1. The third-order valence-electron chi connectivity index (χ3n) is 5.46. The lowest BCUT2D eigenvalue weighted by Gasteiger charge is -2.33. The molecule has 10 heteroatoms. The van der Waals surface area contributed by atoms with Crippen molar-refractivity contribution in [3.8, 4) is 0 Å². The highest BCUT2D eigenvalue weighted by molar-refractivity contribution is 9.10. The molecule has 186 valence electrons. The van der Waals surface area contributed by atoms with E-state index in [2.05, 4.69) is 21.2 Å². The lowest BCUT2D eigenvalue weighted by Crippen LogP contribution is -2.53. The number of carbonyl (C=O) groups is 2. The number of sulfonamides is 1. The average molecular weight is 573 g/mol. The highest BCUT2D eigenvalue weighted by Gasteiger charge is 2.32. The zero-order chi connectivity index (χ0) is 25.5. The van der Waals surface area contributed by atoms with Crippen LogP contribution < -0.4 is 9.62 Å². The summed E-state index contributed by atoms with van der Waals surface area (Å²) >= 11 is 9.69. The van der Waals surface area contributed by atoms with E-state index < -0.39 is 28.5 Å².